The molecule has 1 N–H and O–H groups in total. The Morgan fingerprint density at radius 3 is 2.68 bits per heavy atom. The minimum atomic E-state index is -0.238. The average Bonchev–Trinajstić information content (AvgIpc) is 3.11. The van der Waals surface area contributed by atoms with Gasteiger partial charge in [-0.15, -0.1) is 0 Å². The van der Waals surface area contributed by atoms with Gasteiger partial charge in [-0.1, -0.05) is 18.2 Å². The second-order valence-corrected chi connectivity index (χ2v) is 5.62. The van der Waals surface area contributed by atoms with Gasteiger partial charge in [-0.25, -0.2) is 0 Å². The first-order valence-electron chi connectivity index (χ1n) is 7.92. The van der Waals surface area contributed by atoms with Crippen LogP contribution in [0.5, 0.6) is 0 Å². The maximum Gasteiger partial charge on any atom is 0.287 e. The number of para-hydroxylation sites is 1. The van der Waals surface area contributed by atoms with E-state index in [-0.39, 0.29) is 5.91 Å². The molecule has 0 aliphatic heterocycles. The molecule has 0 bridgehead atoms. The van der Waals surface area contributed by atoms with Gasteiger partial charge in [0, 0.05) is 36.1 Å². The van der Waals surface area contributed by atoms with Crippen LogP contribution in [0.1, 0.15) is 16.1 Å². The quantitative estimate of drug-likeness (QED) is 0.618. The number of rotatable bonds is 4. The standard InChI is InChI=1S/C20H15N3O2/c24-20(19-12-16-3-1-2-4-18(16)25-19)23-13-14-5-10-22-17(11-14)15-6-8-21-9-7-15/h1-12H,13H2,(H,23,24). The maximum absolute atomic E-state index is 12.3. The smallest absolute Gasteiger partial charge is 0.287 e. The van der Waals surface area contributed by atoms with E-state index in [0.717, 1.165) is 22.2 Å². The molecule has 0 fully saturated rings. The average molecular weight is 329 g/mol. The van der Waals surface area contributed by atoms with Crippen LogP contribution in [0.4, 0.5) is 0 Å². The molecule has 0 unspecified atom stereocenters. The highest BCUT2D eigenvalue weighted by atomic mass is 16.3. The van der Waals surface area contributed by atoms with Crippen molar-refractivity contribution in [1.82, 2.24) is 15.3 Å². The first kappa shape index (κ1) is 15.1. The number of carbonyl (C=O) groups excluding carboxylic acids is 1. The van der Waals surface area contributed by atoms with Crippen molar-refractivity contribution in [2.45, 2.75) is 6.54 Å². The molecule has 0 saturated heterocycles. The number of furan rings is 1. The third kappa shape index (κ3) is 3.26. The molecule has 0 radical (unpaired) electrons. The molecule has 0 atom stereocenters. The summed E-state index contributed by atoms with van der Waals surface area (Å²) in [6.45, 7) is 0.399. The molecule has 0 aliphatic rings. The predicted molar refractivity (Wildman–Crippen MR) is 94.9 cm³/mol. The van der Waals surface area contributed by atoms with E-state index >= 15 is 0 Å². The van der Waals surface area contributed by atoms with Crippen LogP contribution in [0.25, 0.3) is 22.2 Å². The van der Waals surface area contributed by atoms with Crippen LogP contribution in [-0.2, 0) is 6.54 Å². The first-order valence-corrected chi connectivity index (χ1v) is 7.92. The zero-order valence-corrected chi connectivity index (χ0v) is 13.3. The van der Waals surface area contributed by atoms with Gasteiger partial charge in [-0.3, -0.25) is 14.8 Å². The fraction of sp³-hybridized carbons (Fsp3) is 0.0500. The summed E-state index contributed by atoms with van der Waals surface area (Å²) in [4.78, 5) is 20.7. The van der Waals surface area contributed by atoms with E-state index in [0.29, 0.717) is 17.9 Å². The minimum absolute atomic E-state index is 0.238. The van der Waals surface area contributed by atoms with Gasteiger partial charge in [0.25, 0.3) is 5.91 Å². The van der Waals surface area contributed by atoms with Crippen LogP contribution in [-0.4, -0.2) is 15.9 Å². The van der Waals surface area contributed by atoms with Crippen molar-refractivity contribution in [3.05, 3.63) is 84.5 Å². The lowest BCUT2D eigenvalue weighted by molar-refractivity contribution is 0.0925. The monoisotopic (exact) mass is 329 g/mol. The predicted octanol–water partition coefficient (Wildman–Crippen LogP) is 3.82. The molecule has 0 spiro atoms. The van der Waals surface area contributed by atoms with Gasteiger partial charge in [0.15, 0.2) is 5.76 Å². The summed E-state index contributed by atoms with van der Waals surface area (Å²) in [7, 11) is 0. The summed E-state index contributed by atoms with van der Waals surface area (Å²) in [6.07, 6.45) is 5.19. The van der Waals surface area contributed by atoms with Crippen molar-refractivity contribution in [3.63, 3.8) is 0 Å². The van der Waals surface area contributed by atoms with Crippen LogP contribution in [0.15, 0.2) is 77.6 Å². The van der Waals surface area contributed by atoms with E-state index < -0.39 is 0 Å². The number of nitrogens with one attached hydrogen (secondary N) is 1. The topological polar surface area (TPSA) is 68.0 Å². The normalized spacial score (nSPS) is 10.7. The highest BCUT2D eigenvalue weighted by molar-refractivity contribution is 5.96. The van der Waals surface area contributed by atoms with Gasteiger partial charge in [-0.2, -0.15) is 0 Å². The number of aromatic nitrogens is 2. The Bertz CT molecular complexity index is 992. The number of hydrogen-bond donors (Lipinski definition) is 1. The molecule has 5 nitrogen and oxygen atoms in total. The van der Waals surface area contributed by atoms with Gasteiger partial charge in [0.1, 0.15) is 5.58 Å². The Kier molecular flexibility index (Phi) is 3.96. The second-order valence-electron chi connectivity index (χ2n) is 5.62. The van der Waals surface area contributed by atoms with E-state index in [9.17, 15) is 4.79 Å². The van der Waals surface area contributed by atoms with Crippen LogP contribution < -0.4 is 5.32 Å². The Morgan fingerprint density at radius 2 is 1.84 bits per heavy atom. The van der Waals surface area contributed by atoms with Gasteiger partial charge in [-0.05, 0) is 42.0 Å². The molecule has 3 aromatic heterocycles. The van der Waals surface area contributed by atoms with Crippen LogP contribution >= 0.6 is 0 Å². The number of fused-ring (bicyclic) bond motifs is 1. The van der Waals surface area contributed by atoms with E-state index in [4.69, 9.17) is 4.42 Å². The molecule has 4 rings (SSSR count). The molecular weight excluding hydrogens is 314 g/mol. The molecule has 122 valence electrons. The van der Waals surface area contributed by atoms with Gasteiger partial charge < -0.3 is 9.73 Å². The molecule has 3 heterocycles. The number of nitrogens with zero attached hydrogens (tertiary/aromatic N) is 2. The largest absolute Gasteiger partial charge is 0.451 e. The number of carbonyl (C=O) groups is 1. The fourth-order valence-electron chi connectivity index (χ4n) is 2.63. The fourth-order valence-corrected chi connectivity index (χ4v) is 2.63. The van der Waals surface area contributed by atoms with Crippen molar-refractivity contribution in [1.29, 1.82) is 0 Å². The van der Waals surface area contributed by atoms with Crippen molar-refractivity contribution < 1.29 is 9.21 Å². The highest BCUT2D eigenvalue weighted by Gasteiger charge is 2.11. The van der Waals surface area contributed by atoms with Crippen molar-refractivity contribution >= 4 is 16.9 Å². The Labute approximate surface area is 144 Å². The lowest BCUT2D eigenvalue weighted by Crippen LogP contribution is -2.22. The molecule has 25 heavy (non-hydrogen) atoms. The Morgan fingerprint density at radius 1 is 1.00 bits per heavy atom. The Balaban J connectivity index is 1.48. The zero-order chi connectivity index (χ0) is 17.1. The summed E-state index contributed by atoms with van der Waals surface area (Å²) < 4.78 is 5.58. The van der Waals surface area contributed by atoms with Gasteiger partial charge in [0.2, 0.25) is 0 Å². The summed E-state index contributed by atoms with van der Waals surface area (Å²) in [6, 6.07) is 16.9. The van der Waals surface area contributed by atoms with Crippen molar-refractivity contribution in [2.24, 2.45) is 0 Å². The minimum Gasteiger partial charge on any atom is -0.451 e. The molecule has 4 aromatic rings. The third-order valence-electron chi connectivity index (χ3n) is 3.90. The second kappa shape index (κ2) is 6.57. The molecule has 5 heteroatoms. The Hall–Kier alpha value is -3.47. The van der Waals surface area contributed by atoms with Gasteiger partial charge >= 0.3 is 0 Å². The maximum atomic E-state index is 12.3. The van der Waals surface area contributed by atoms with E-state index in [1.807, 2.05) is 48.5 Å². The summed E-state index contributed by atoms with van der Waals surface area (Å²) in [5.41, 5.74) is 3.50. The molecule has 0 saturated carbocycles. The van der Waals surface area contributed by atoms with Crippen LogP contribution in [0.2, 0.25) is 0 Å². The number of amides is 1. The molecule has 0 aliphatic carbocycles. The summed E-state index contributed by atoms with van der Waals surface area (Å²) in [5, 5.41) is 3.80. The summed E-state index contributed by atoms with van der Waals surface area (Å²) >= 11 is 0. The first-order chi connectivity index (χ1) is 12.3. The van der Waals surface area contributed by atoms with Gasteiger partial charge in [0.05, 0.1) is 5.69 Å². The van der Waals surface area contributed by atoms with Crippen molar-refractivity contribution in [3.8, 4) is 11.3 Å². The lowest BCUT2D eigenvalue weighted by atomic mass is 10.1. The SMILES string of the molecule is O=C(NCc1ccnc(-c2ccncc2)c1)c1cc2ccccc2o1. The zero-order valence-electron chi connectivity index (χ0n) is 13.3. The van der Waals surface area contributed by atoms with Crippen molar-refractivity contribution in [2.75, 3.05) is 0 Å². The van der Waals surface area contributed by atoms with E-state index in [1.54, 1.807) is 24.7 Å². The van der Waals surface area contributed by atoms with Crippen LogP contribution in [0.3, 0.4) is 0 Å². The van der Waals surface area contributed by atoms with E-state index in [2.05, 4.69) is 15.3 Å². The van der Waals surface area contributed by atoms with E-state index in [1.165, 1.54) is 0 Å². The number of pyridine rings is 2. The third-order valence-corrected chi connectivity index (χ3v) is 3.90. The molecule has 1 amide bonds. The number of benzene rings is 1. The molecular formula is C20H15N3O2. The lowest BCUT2D eigenvalue weighted by Gasteiger charge is -2.06. The molecule has 1 aromatic carbocycles. The van der Waals surface area contributed by atoms with Crippen LogP contribution in [0, 0.1) is 0 Å². The highest BCUT2D eigenvalue weighted by Crippen LogP contribution is 2.19. The number of hydrogen-bond acceptors (Lipinski definition) is 4. The summed E-state index contributed by atoms with van der Waals surface area (Å²) in [5.74, 6) is 0.0723.